The summed E-state index contributed by atoms with van der Waals surface area (Å²) in [6.45, 7) is 1.33. The molecule has 1 saturated carbocycles. The van der Waals surface area contributed by atoms with Gasteiger partial charge >= 0.3 is 0 Å². The molecule has 3 heteroatoms. The molecular weight excluding hydrogens is 224 g/mol. The van der Waals surface area contributed by atoms with E-state index in [2.05, 4.69) is 17.5 Å². The predicted molar refractivity (Wildman–Crippen MR) is 74.1 cm³/mol. The molecule has 0 bridgehead atoms. The number of carbonyl (C=O) groups excluding carboxylic acids is 1. The van der Waals surface area contributed by atoms with E-state index in [0.29, 0.717) is 12.5 Å². The van der Waals surface area contributed by atoms with Gasteiger partial charge in [-0.15, -0.1) is 0 Å². The molecule has 2 rings (SSSR count). The Labute approximate surface area is 110 Å². The molecule has 1 atom stereocenters. The van der Waals surface area contributed by atoms with Crippen LogP contribution >= 0.6 is 0 Å². The molecular formula is C15H26N2O. The summed E-state index contributed by atoms with van der Waals surface area (Å²) in [4.78, 5) is 12.4. The second kappa shape index (κ2) is 6.37. The summed E-state index contributed by atoms with van der Waals surface area (Å²) in [5.41, 5.74) is 5.61. The van der Waals surface area contributed by atoms with Crippen molar-refractivity contribution < 1.29 is 4.79 Å². The Hall–Kier alpha value is -0.830. The Bertz CT molecular complexity index is 306. The van der Waals surface area contributed by atoms with Crippen LogP contribution in [0, 0.1) is 11.3 Å². The van der Waals surface area contributed by atoms with Crippen LogP contribution in [-0.2, 0) is 4.79 Å². The topological polar surface area (TPSA) is 55.1 Å². The van der Waals surface area contributed by atoms with E-state index >= 15 is 0 Å². The standard InChI is InChI=1S/C15H26N2O/c16-12-15(9-5-2-6-10-15)14(18)17-11-13-7-3-1-4-8-13/h1,3,13H,2,4-12,16H2,(H,17,18). The monoisotopic (exact) mass is 250 g/mol. The number of carbonyl (C=O) groups is 1. The lowest BCUT2D eigenvalue weighted by atomic mass is 9.73. The Morgan fingerprint density at radius 2 is 2.06 bits per heavy atom. The highest BCUT2D eigenvalue weighted by molar-refractivity contribution is 5.83. The first kappa shape index (κ1) is 13.6. The van der Waals surface area contributed by atoms with Crippen molar-refractivity contribution in [1.82, 2.24) is 5.32 Å². The fourth-order valence-electron chi connectivity index (χ4n) is 3.22. The highest BCUT2D eigenvalue weighted by atomic mass is 16.2. The number of nitrogens with two attached hydrogens (primary N) is 1. The summed E-state index contributed by atoms with van der Waals surface area (Å²) in [6, 6.07) is 0. The molecule has 0 spiro atoms. The van der Waals surface area contributed by atoms with Gasteiger partial charge in [0.25, 0.3) is 0 Å². The van der Waals surface area contributed by atoms with Crippen LogP contribution in [0.15, 0.2) is 12.2 Å². The molecule has 1 amide bonds. The molecule has 18 heavy (non-hydrogen) atoms. The van der Waals surface area contributed by atoms with Crippen molar-refractivity contribution in [3.05, 3.63) is 12.2 Å². The van der Waals surface area contributed by atoms with Crippen molar-refractivity contribution in [3.63, 3.8) is 0 Å². The van der Waals surface area contributed by atoms with Gasteiger partial charge in [0.2, 0.25) is 5.91 Å². The van der Waals surface area contributed by atoms with Crippen LogP contribution in [0.2, 0.25) is 0 Å². The van der Waals surface area contributed by atoms with E-state index in [1.54, 1.807) is 0 Å². The zero-order valence-corrected chi connectivity index (χ0v) is 11.3. The van der Waals surface area contributed by atoms with Gasteiger partial charge in [-0.05, 0) is 38.0 Å². The molecule has 0 aliphatic heterocycles. The van der Waals surface area contributed by atoms with E-state index in [-0.39, 0.29) is 11.3 Å². The fourth-order valence-corrected chi connectivity index (χ4v) is 3.22. The van der Waals surface area contributed by atoms with Crippen molar-refractivity contribution in [2.24, 2.45) is 17.1 Å². The summed E-state index contributed by atoms with van der Waals surface area (Å²) in [7, 11) is 0. The minimum absolute atomic E-state index is 0.208. The predicted octanol–water partition coefficient (Wildman–Crippen LogP) is 2.37. The molecule has 102 valence electrons. The van der Waals surface area contributed by atoms with Gasteiger partial charge in [-0.2, -0.15) is 0 Å². The molecule has 2 aliphatic rings. The summed E-state index contributed by atoms with van der Waals surface area (Å²) in [5.74, 6) is 0.830. The first-order valence-corrected chi connectivity index (χ1v) is 7.40. The number of allylic oxidation sites excluding steroid dienone is 2. The van der Waals surface area contributed by atoms with Gasteiger partial charge in [0.15, 0.2) is 0 Å². The molecule has 0 saturated heterocycles. The van der Waals surface area contributed by atoms with Gasteiger partial charge in [-0.3, -0.25) is 4.79 Å². The molecule has 3 N–H and O–H groups in total. The summed E-state index contributed by atoms with van der Waals surface area (Å²) in [5, 5.41) is 3.16. The van der Waals surface area contributed by atoms with Crippen LogP contribution in [0.1, 0.15) is 51.4 Å². The normalized spacial score (nSPS) is 26.8. The number of hydrogen-bond donors (Lipinski definition) is 2. The minimum atomic E-state index is -0.261. The second-order valence-corrected chi connectivity index (χ2v) is 5.91. The van der Waals surface area contributed by atoms with Crippen molar-refractivity contribution in [1.29, 1.82) is 0 Å². The van der Waals surface area contributed by atoms with Crippen LogP contribution in [0.4, 0.5) is 0 Å². The quantitative estimate of drug-likeness (QED) is 0.753. The SMILES string of the molecule is NCC1(C(=O)NCC2CC=CCC2)CCCCC1. The number of nitrogens with one attached hydrogen (secondary N) is 1. The number of rotatable bonds is 4. The third-order valence-electron chi connectivity index (χ3n) is 4.61. The van der Waals surface area contributed by atoms with Crippen LogP contribution in [-0.4, -0.2) is 19.0 Å². The van der Waals surface area contributed by atoms with Crippen LogP contribution in [0.25, 0.3) is 0 Å². The average Bonchev–Trinajstić information content (AvgIpc) is 2.46. The molecule has 0 aromatic carbocycles. The zero-order chi connectivity index (χ0) is 12.8. The molecule has 0 radical (unpaired) electrons. The highest BCUT2D eigenvalue weighted by Gasteiger charge is 2.38. The number of hydrogen-bond acceptors (Lipinski definition) is 2. The van der Waals surface area contributed by atoms with Crippen molar-refractivity contribution in [2.45, 2.75) is 51.4 Å². The Morgan fingerprint density at radius 3 is 2.67 bits per heavy atom. The Balaban J connectivity index is 1.83. The average molecular weight is 250 g/mol. The lowest BCUT2D eigenvalue weighted by molar-refractivity contribution is -0.132. The first-order chi connectivity index (χ1) is 8.77. The van der Waals surface area contributed by atoms with E-state index in [4.69, 9.17) is 5.73 Å². The zero-order valence-electron chi connectivity index (χ0n) is 11.3. The molecule has 0 aromatic rings. The second-order valence-electron chi connectivity index (χ2n) is 5.91. The first-order valence-electron chi connectivity index (χ1n) is 7.40. The van der Waals surface area contributed by atoms with Crippen molar-refractivity contribution >= 4 is 5.91 Å². The minimum Gasteiger partial charge on any atom is -0.355 e. The molecule has 3 nitrogen and oxygen atoms in total. The van der Waals surface area contributed by atoms with Gasteiger partial charge in [0.05, 0.1) is 5.41 Å². The third kappa shape index (κ3) is 3.14. The maximum absolute atomic E-state index is 12.4. The Morgan fingerprint density at radius 1 is 1.28 bits per heavy atom. The molecule has 1 fully saturated rings. The molecule has 1 unspecified atom stereocenters. The smallest absolute Gasteiger partial charge is 0.227 e. The Kier molecular flexibility index (Phi) is 4.81. The van der Waals surface area contributed by atoms with Crippen LogP contribution in [0.3, 0.4) is 0 Å². The van der Waals surface area contributed by atoms with Crippen LogP contribution in [0.5, 0.6) is 0 Å². The van der Waals surface area contributed by atoms with E-state index in [0.717, 1.165) is 45.1 Å². The lowest BCUT2D eigenvalue weighted by Crippen LogP contribution is -2.48. The summed E-state index contributed by atoms with van der Waals surface area (Å²) in [6.07, 6.45) is 13.4. The van der Waals surface area contributed by atoms with Gasteiger partial charge in [0.1, 0.15) is 0 Å². The number of amides is 1. The summed E-state index contributed by atoms with van der Waals surface area (Å²) < 4.78 is 0. The lowest BCUT2D eigenvalue weighted by Gasteiger charge is -2.35. The maximum atomic E-state index is 12.4. The van der Waals surface area contributed by atoms with Gasteiger partial charge in [0, 0.05) is 13.1 Å². The third-order valence-corrected chi connectivity index (χ3v) is 4.61. The van der Waals surface area contributed by atoms with Gasteiger partial charge in [-0.1, -0.05) is 31.4 Å². The van der Waals surface area contributed by atoms with E-state index < -0.39 is 0 Å². The van der Waals surface area contributed by atoms with Gasteiger partial charge < -0.3 is 11.1 Å². The molecule has 0 heterocycles. The van der Waals surface area contributed by atoms with Crippen molar-refractivity contribution in [3.8, 4) is 0 Å². The van der Waals surface area contributed by atoms with E-state index in [1.807, 2.05) is 0 Å². The highest BCUT2D eigenvalue weighted by Crippen LogP contribution is 2.35. The van der Waals surface area contributed by atoms with E-state index in [9.17, 15) is 4.79 Å². The van der Waals surface area contributed by atoms with E-state index in [1.165, 1.54) is 12.8 Å². The summed E-state index contributed by atoms with van der Waals surface area (Å²) >= 11 is 0. The fraction of sp³-hybridized carbons (Fsp3) is 0.800. The van der Waals surface area contributed by atoms with Crippen LogP contribution < -0.4 is 11.1 Å². The molecule has 2 aliphatic carbocycles. The molecule has 0 aromatic heterocycles. The van der Waals surface area contributed by atoms with Gasteiger partial charge in [-0.25, -0.2) is 0 Å². The largest absolute Gasteiger partial charge is 0.355 e. The maximum Gasteiger partial charge on any atom is 0.227 e. The van der Waals surface area contributed by atoms with Crippen molar-refractivity contribution in [2.75, 3.05) is 13.1 Å².